The highest BCUT2D eigenvalue weighted by Crippen LogP contribution is 2.40. The Kier molecular flexibility index (Phi) is 6.56. The highest BCUT2D eigenvalue weighted by atomic mass is 79.9. The molecular weight excluding hydrogens is 546 g/mol. The number of aryl methyl sites for hydroxylation is 1. The van der Waals surface area contributed by atoms with Crippen LogP contribution in [0.4, 0.5) is 5.69 Å². The lowest BCUT2D eigenvalue weighted by Gasteiger charge is -2.43. The van der Waals surface area contributed by atoms with Gasteiger partial charge in [-0.3, -0.25) is 4.79 Å². The van der Waals surface area contributed by atoms with Gasteiger partial charge < -0.3 is 9.32 Å². The Labute approximate surface area is 211 Å². The number of nitrogens with zero attached hydrogens (tertiary/aromatic N) is 2. The lowest BCUT2D eigenvalue weighted by Crippen LogP contribution is -2.45. The van der Waals surface area contributed by atoms with Gasteiger partial charge in [0, 0.05) is 27.7 Å². The van der Waals surface area contributed by atoms with Crippen LogP contribution in [0.1, 0.15) is 61.4 Å². The van der Waals surface area contributed by atoms with Crippen LogP contribution in [0.15, 0.2) is 54.9 Å². The number of hydrogen-bond acceptors (Lipinski definition) is 4. The van der Waals surface area contributed by atoms with E-state index in [1.54, 1.807) is 12.3 Å². The molecule has 0 bridgehead atoms. The number of amides is 1. The highest BCUT2D eigenvalue weighted by molar-refractivity contribution is 9.11. The Balaban J connectivity index is 1.57. The molecule has 2 heterocycles. The Hall–Kier alpha value is -2.38. The summed E-state index contributed by atoms with van der Waals surface area (Å²) in [5, 5.41) is 5.04. The molecule has 3 aromatic rings. The Bertz CT molecular complexity index is 1300. The van der Waals surface area contributed by atoms with E-state index in [9.17, 15) is 4.79 Å². The molecule has 0 spiro atoms. The Morgan fingerprint density at radius 3 is 2.67 bits per heavy atom. The second-order valence-corrected chi connectivity index (χ2v) is 10.7. The summed E-state index contributed by atoms with van der Waals surface area (Å²) in [6.07, 6.45) is 5.10. The first kappa shape index (κ1) is 23.8. The monoisotopic (exact) mass is 571 g/mol. The molecule has 1 aromatic heterocycles. The third-order valence-electron chi connectivity index (χ3n) is 5.94. The zero-order valence-corrected chi connectivity index (χ0v) is 22.6. The van der Waals surface area contributed by atoms with E-state index in [1.807, 2.05) is 12.1 Å². The predicted octanol–water partition coefficient (Wildman–Crippen LogP) is 7.44. The van der Waals surface area contributed by atoms with Crippen molar-refractivity contribution in [3.63, 3.8) is 0 Å². The van der Waals surface area contributed by atoms with Crippen LogP contribution >= 0.6 is 31.9 Å². The minimum atomic E-state index is -0.395. The zero-order chi connectivity index (χ0) is 23.9. The molecule has 0 saturated carbocycles. The summed E-state index contributed by atoms with van der Waals surface area (Å²) in [5.74, 6) is -0.188. The lowest BCUT2D eigenvalue weighted by molar-refractivity contribution is 0.0929. The van der Waals surface area contributed by atoms with Gasteiger partial charge in [-0.15, -0.1) is 0 Å². The van der Waals surface area contributed by atoms with Crippen molar-refractivity contribution in [2.45, 2.75) is 46.6 Å². The van der Waals surface area contributed by atoms with Crippen LogP contribution in [0, 0.1) is 6.92 Å². The van der Waals surface area contributed by atoms with Crippen molar-refractivity contribution in [2.75, 3.05) is 11.4 Å². The number of nitrogens with one attached hydrogen (secondary N) is 1. The standard InChI is InChI=1S/C26H27Br2N3O2/c1-6-7-31-22-8-15(2)18(10-20(22)16(3)13-26(31,4)5)14-29-30-25(32)23-11-17-9-19(27)12-21(28)24(17)33-23/h8-14H,6-7H2,1-5H3,(H,30,32)/b29-14-. The first-order chi connectivity index (χ1) is 15.6. The van der Waals surface area contributed by atoms with Gasteiger partial charge in [0.2, 0.25) is 0 Å². The number of anilines is 1. The molecule has 1 aliphatic rings. The largest absolute Gasteiger partial charge is 0.450 e. The van der Waals surface area contributed by atoms with Crippen molar-refractivity contribution in [3.05, 3.63) is 67.8 Å². The zero-order valence-electron chi connectivity index (χ0n) is 19.4. The van der Waals surface area contributed by atoms with Gasteiger partial charge in [-0.1, -0.05) is 28.9 Å². The van der Waals surface area contributed by atoms with E-state index in [0.29, 0.717) is 5.58 Å². The number of fused-ring (bicyclic) bond motifs is 2. The molecule has 1 aliphatic heterocycles. The van der Waals surface area contributed by atoms with E-state index in [4.69, 9.17) is 4.42 Å². The normalized spacial score (nSPS) is 15.1. The summed E-state index contributed by atoms with van der Waals surface area (Å²) in [6.45, 7) is 11.9. The molecule has 0 atom stereocenters. The molecule has 33 heavy (non-hydrogen) atoms. The van der Waals surface area contributed by atoms with E-state index in [-0.39, 0.29) is 11.3 Å². The predicted molar refractivity (Wildman–Crippen MR) is 143 cm³/mol. The molecule has 0 fully saturated rings. The fourth-order valence-corrected chi connectivity index (χ4v) is 5.76. The maximum Gasteiger partial charge on any atom is 0.307 e. The molecule has 5 nitrogen and oxygen atoms in total. The number of halogens is 2. The lowest BCUT2D eigenvalue weighted by atomic mass is 9.87. The van der Waals surface area contributed by atoms with Crippen molar-refractivity contribution in [1.82, 2.24) is 5.43 Å². The summed E-state index contributed by atoms with van der Waals surface area (Å²) in [7, 11) is 0. The van der Waals surface area contributed by atoms with Gasteiger partial charge in [-0.25, -0.2) is 5.43 Å². The van der Waals surface area contributed by atoms with Crippen LogP contribution in [-0.4, -0.2) is 24.2 Å². The van der Waals surface area contributed by atoms with Crippen molar-refractivity contribution in [3.8, 4) is 0 Å². The molecule has 7 heteroatoms. The third-order valence-corrected chi connectivity index (χ3v) is 6.99. The van der Waals surface area contributed by atoms with Gasteiger partial charge in [-0.2, -0.15) is 5.10 Å². The number of rotatable bonds is 5. The van der Waals surface area contributed by atoms with Gasteiger partial charge in [0.15, 0.2) is 5.76 Å². The molecular formula is C26H27Br2N3O2. The van der Waals surface area contributed by atoms with E-state index < -0.39 is 5.91 Å². The fourth-order valence-electron chi connectivity index (χ4n) is 4.42. The van der Waals surface area contributed by atoms with E-state index in [1.165, 1.54) is 16.8 Å². The summed E-state index contributed by atoms with van der Waals surface area (Å²) >= 11 is 6.91. The van der Waals surface area contributed by atoms with Crippen LogP contribution in [-0.2, 0) is 0 Å². The topological polar surface area (TPSA) is 57.8 Å². The highest BCUT2D eigenvalue weighted by Gasteiger charge is 2.31. The number of hydrogen-bond donors (Lipinski definition) is 1. The molecule has 0 aliphatic carbocycles. The maximum absolute atomic E-state index is 12.6. The molecule has 0 unspecified atom stereocenters. The minimum Gasteiger partial charge on any atom is -0.450 e. The van der Waals surface area contributed by atoms with Gasteiger partial charge in [0.25, 0.3) is 0 Å². The van der Waals surface area contributed by atoms with Crippen LogP contribution < -0.4 is 10.3 Å². The number of benzene rings is 2. The van der Waals surface area contributed by atoms with Crippen molar-refractivity contribution < 1.29 is 9.21 Å². The molecule has 0 saturated heterocycles. The minimum absolute atomic E-state index is 0.0275. The number of hydrazone groups is 1. The summed E-state index contributed by atoms with van der Waals surface area (Å²) in [4.78, 5) is 15.1. The van der Waals surface area contributed by atoms with Gasteiger partial charge in [0.05, 0.1) is 16.2 Å². The molecule has 1 amide bonds. The maximum atomic E-state index is 12.6. The second kappa shape index (κ2) is 9.11. The molecule has 4 rings (SSSR count). The molecule has 172 valence electrons. The SMILES string of the molecule is CCCN1c2cc(C)c(/C=N\NC(=O)c3cc4cc(Br)cc(Br)c4o3)cc2C(C)=CC1(C)C. The Morgan fingerprint density at radius 2 is 1.94 bits per heavy atom. The average Bonchev–Trinajstić information content (AvgIpc) is 3.16. The molecule has 0 radical (unpaired) electrons. The quantitative estimate of drug-likeness (QED) is 0.255. The number of carbonyl (C=O) groups is 1. The van der Waals surface area contributed by atoms with Crippen molar-refractivity contribution in [2.24, 2.45) is 5.10 Å². The fraction of sp³-hybridized carbons (Fsp3) is 0.308. The molecule has 1 N–H and O–H groups in total. The van der Waals surface area contributed by atoms with Crippen LogP contribution in [0.5, 0.6) is 0 Å². The van der Waals surface area contributed by atoms with Crippen LogP contribution in [0.25, 0.3) is 16.5 Å². The summed E-state index contributed by atoms with van der Waals surface area (Å²) in [5.41, 5.74) is 8.96. The Morgan fingerprint density at radius 1 is 1.18 bits per heavy atom. The molecule has 2 aromatic carbocycles. The number of carbonyl (C=O) groups excluding carboxylic acids is 1. The average molecular weight is 573 g/mol. The van der Waals surface area contributed by atoms with Crippen molar-refractivity contribution >= 4 is 66.2 Å². The van der Waals surface area contributed by atoms with Crippen molar-refractivity contribution in [1.29, 1.82) is 0 Å². The smallest absolute Gasteiger partial charge is 0.307 e. The van der Waals surface area contributed by atoms with Gasteiger partial charge in [0.1, 0.15) is 5.58 Å². The second-order valence-electron chi connectivity index (χ2n) is 8.97. The van der Waals surface area contributed by atoms with E-state index >= 15 is 0 Å². The third kappa shape index (κ3) is 4.66. The number of allylic oxidation sites excluding steroid dienone is 1. The first-order valence-electron chi connectivity index (χ1n) is 10.9. The van der Waals surface area contributed by atoms with Crippen LogP contribution in [0.3, 0.4) is 0 Å². The van der Waals surface area contributed by atoms with Gasteiger partial charge in [-0.05, 0) is 97.1 Å². The van der Waals surface area contributed by atoms with E-state index in [2.05, 4.69) is 100 Å². The van der Waals surface area contributed by atoms with Crippen LogP contribution in [0.2, 0.25) is 0 Å². The van der Waals surface area contributed by atoms with Gasteiger partial charge >= 0.3 is 5.91 Å². The summed E-state index contributed by atoms with van der Waals surface area (Å²) < 4.78 is 7.40. The first-order valence-corrected chi connectivity index (χ1v) is 12.5. The van der Waals surface area contributed by atoms with E-state index in [0.717, 1.165) is 38.4 Å². The summed E-state index contributed by atoms with van der Waals surface area (Å²) in [6, 6.07) is 9.86. The number of furan rings is 1.